The molecule has 0 spiro atoms. The molecule has 0 N–H and O–H groups in total. The van der Waals surface area contributed by atoms with E-state index < -0.39 is 6.17 Å². The number of alkyl halides is 1. The minimum Gasteiger partial charge on any atom is -0.340 e. The Morgan fingerprint density at radius 3 is 2.35 bits per heavy atom. The van der Waals surface area contributed by atoms with E-state index in [0.717, 1.165) is 54.9 Å². The van der Waals surface area contributed by atoms with E-state index >= 15 is 4.39 Å². The average molecular weight is 703 g/mol. The number of rotatable bonds is 3. The molecule has 0 saturated heterocycles. The maximum atomic E-state index is 16.5. The molecule has 7 heteroatoms. The van der Waals surface area contributed by atoms with Gasteiger partial charge in [0, 0.05) is 55.1 Å². The molecule has 220 valence electrons. The molecule has 1 unspecified atom stereocenters. The Morgan fingerprint density at radius 2 is 1.41 bits per heavy atom. The van der Waals surface area contributed by atoms with E-state index in [2.05, 4.69) is 76.3 Å². The molecule has 0 radical (unpaired) electrons. The molecule has 1 atom stereocenters. The number of para-hydroxylation sites is 1. The molecular formula is C39H21FN4PdS. The normalized spacial score (nSPS) is 12.6. The summed E-state index contributed by atoms with van der Waals surface area (Å²) in [6.07, 6.45) is 4.10. The standard InChI is InChI=1S/C39H21FN4S.Pd/c40-37(24-14-15-26-27-9-1-3-12-31(27)43-20-19-42-38(43)30(26)22-24)23-7-5-8-25(21-23)44-32-16-17-34-36(28-10-2-4-13-33(28)45-34)35(32)29-11-6-18-41-39(29)44;/h1-20,37H;/q-2;+2. The third-order valence-corrected chi connectivity index (χ3v) is 10.0. The van der Waals surface area contributed by atoms with Crippen LogP contribution in [0.5, 0.6) is 0 Å². The van der Waals surface area contributed by atoms with Crippen molar-refractivity contribution in [3.05, 3.63) is 145 Å². The fraction of sp³-hybridized carbons (Fsp3) is 0.0256. The van der Waals surface area contributed by atoms with Crippen molar-refractivity contribution in [2.75, 3.05) is 0 Å². The summed E-state index contributed by atoms with van der Waals surface area (Å²) in [5.41, 5.74) is 5.30. The van der Waals surface area contributed by atoms with Crippen LogP contribution in [0.15, 0.2) is 122 Å². The monoisotopic (exact) mass is 702 g/mol. The van der Waals surface area contributed by atoms with Crippen molar-refractivity contribution in [2.24, 2.45) is 0 Å². The Balaban J connectivity index is 0.00000292. The Bertz CT molecular complexity index is 2810. The van der Waals surface area contributed by atoms with Gasteiger partial charge < -0.3 is 8.97 Å². The molecule has 5 aromatic carbocycles. The van der Waals surface area contributed by atoms with Crippen molar-refractivity contribution >= 4 is 80.8 Å². The van der Waals surface area contributed by atoms with Gasteiger partial charge in [0.15, 0.2) is 0 Å². The molecule has 5 heterocycles. The molecule has 0 aliphatic carbocycles. The molecule has 46 heavy (non-hydrogen) atoms. The van der Waals surface area contributed by atoms with Crippen LogP contribution >= 0.6 is 11.3 Å². The molecular weight excluding hydrogens is 682 g/mol. The first-order chi connectivity index (χ1) is 22.2. The van der Waals surface area contributed by atoms with E-state index in [4.69, 9.17) is 4.98 Å². The maximum Gasteiger partial charge on any atom is 2.00 e. The summed E-state index contributed by atoms with van der Waals surface area (Å²) in [6.45, 7) is 0. The first kappa shape index (κ1) is 27.4. The minimum atomic E-state index is -1.43. The van der Waals surface area contributed by atoms with Crippen molar-refractivity contribution in [3.63, 3.8) is 0 Å². The molecule has 0 aliphatic heterocycles. The van der Waals surface area contributed by atoms with E-state index in [9.17, 15) is 0 Å². The first-order valence-electron chi connectivity index (χ1n) is 14.8. The van der Waals surface area contributed by atoms with Gasteiger partial charge in [0.2, 0.25) is 0 Å². The van der Waals surface area contributed by atoms with Crippen LogP contribution in [0.2, 0.25) is 0 Å². The predicted molar refractivity (Wildman–Crippen MR) is 182 cm³/mol. The second-order valence-electron chi connectivity index (χ2n) is 11.3. The van der Waals surface area contributed by atoms with Gasteiger partial charge in [-0.2, -0.15) is 18.2 Å². The van der Waals surface area contributed by atoms with E-state index in [1.807, 2.05) is 59.3 Å². The molecule has 0 bridgehead atoms. The van der Waals surface area contributed by atoms with Crippen molar-refractivity contribution in [2.45, 2.75) is 6.17 Å². The third-order valence-electron chi connectivity index (χ3n) is 8.91. The molecule has 5 aromatic heterocycles. The molecule has 10 rings (SSSR count). The smallest absolute Gasteiger partial charge is 0.340 e. The van der Waals surface area contributed by atoms with Crippen LogP contribution in [-0.2, 0) is 20.4 Å². The van der Waals surface area contributed by atoms with Crippen LogP contribution in [0, 0.1) is 12.1 Å². The van der Waals surface area contributed by atoms with Gasteiger partial charge in [0.25, 0.3) is 0 Å². The van der Waals surface area contributed by atoms with Gasteiger partial charge in [-0.1, -0.05) is 58.4 Å². The Kier molecular flexibility index (Phi) is 6.13. The van der Waals surface area contributed by atoms with Gasteiger partial charge in [-0.15, -0.1) is 41.2 Å². The second kappa shape index (κ2) is 10.3. The largest absolute Gasteiger partial charge is 2.00 e. The summed E-state index contributed by atoms with van der Waals surface area (Å²) < 4.78 is 23.2. The number of nitrogens with zero attached hydrogens (tertiary/aromatic N) is 4. The Hall–Kier alpha value is -4.93. The van der Waals surface area contributed by atoms with Gasteiger partial charge in [0.1, 0.15) is 11.8 Å². The zero-order valence-electron chi connectivity index (χ0n) is 24.0. The van der Waals surface area contributed by atoms with Gasteiger partial charge in [-0.3, -0.25) is 4.98 Å². The van der Waals surface area contributed by atoms with Crippen LogP contribution in [0.4, 0.5) is 4.39 Å². The summed E-state index contributed by atoms with van der Waals surface area (Å²) in [5, 5.41) is 7.57. The number of fused-ring (bicyclic) bond motifs is 13. The van der Waals surface area contributed by atoms with Gasteiger partial charge in [-0.25, -0.2) is 9.37 Å². The number of thiophene rings is 1. The predicted octanol–water partition coefficient (Wildman–Crippen LogP) is 10.2. The van der Waals surface area contributed by atoms with E-state index in [1.54, 1.807) is 23.6 Å². The zero-order valence-corrected chi connectivity index (χ0v) is 26.4. The molecule has 4 nitrogen and oxygen atoms in total. The topological polar surface area (TPSA) is 35.1 Å². The number of halogens is 1. The SMILES string of the molecule is FC(c1[c-]c(-n2c3ccc4sc5ccccc5c4c3c3cccnc32)ccc1)c1[c-]c2c(cc1)c1ccccc1n1ccnc21.[Pd+2]. The van der Waals surface area contributed by atoms with Crippen LogP contribution in [-0.4, -0.2) is 18.9 Å². The quantitative estimate of drug-likeness (QED) is 0.104. The van der Waals surface area contributed by atoms with Crippen LogP contribution in [0.25, 0.3) is 75.1 Å². The molecule has 0 amide bonds. The zero-order chi connectivity index (χ0) is 29.6. The van der Waals surface area contributed by atoms with E-state index in [-0.39, 0.29) is 20.4 Å². The van der Waals surface area contributed by atoms with Gasteiger partial charge >= 0.3 is 20.4 Å². The number of benzene rings is 5. The van der Waals surface area contributed by atoms with Crippen molar-refractivity contribution in [1.82, 2.24) is 18.9 Å². The average Bonchev–Trinajstić information content (AvgIpc) is 3.82. The summed E-state index contributed by atoms with van der Waals surface area (Å²) in [4.78, 5) is 9.42. The Morgan fingerprint density at radius 1 is 0.609 bits per heavy atom. The number of pyridine rings is 2. The van der Waals surface area contributed by atoms with Gasteiger partial charge in [0.05, 0.1) is 11.2 Å². The first-order valence-corrected chi connectivity index (χ1v) is 15.6. The summed E-state index contributed by atoms with van der Waals surface area (Å²) in [5.74, 6) is 0. The Labute approximate surface area is 280 Å². The van der Waals surface area contributed by atoms with Crippen LogP contribution in [0.1, 0.15) is 17.3 Å². The summed E-state index contributed by atoms with van der Waals surface area (Å²) >= 11 is 1.80. The number of hydrogen-bond acceptors (Lipinski definition) is 3. The van der Waals surface area contributed by atoms with Crippen molar-refractivity contribution in [3.8, 4) is 5.69 Å². The van der Waals surface area contributed by atoms with Crippen molar-refractivity contribution in [1.29, 1.82) is 0 Å². The third kappa shape index (κ3) is 3.80. The van der Waals surface area contributed by atoms with Crippen LogP contribution < -0.4 is 0 Å². The summed E-state index contributed by atoms with van der Waals surface area (Å²) in [6, 6.07) is 41.5. The number of imidazole rings is 1. The fourth-order valence-electron chi connectivity index (χ4n) is 6.97. The number of aromatic nitrogens is 4. The van der Waals surface area contributed by atoms with Gasteiger partial charge in [-0.05, 0) is 41.8 Å². The molecule has 0 fully saturated rings. The summed E-state index contributed by atoms with van der Waals surface area (Å²) in [7, 11) is 0. The molecule has 0 aliphatic rings. The fourth-order valence-corrected chi connectivity index (χ4v) is 8.08. The van der Waals surface area contributed by atoms with Crippen LogP contribution in [0.3, 0.4) is 0 Å². The number of hydrogen-bond donors (Lipinski definition) is 0. The second-order valence-corrected chi connectivity index (χ2v) is 12.4. The maximum absolute atomic E-state index is 16.5. The minimum absolute atomic E-state index is 0. The molecule has 0 saturated carbocycles. The van der Waals surface area contributed by atoms with Crippen molar-refractivity contribution < 1.29 is 24.8 Å². The van der Waals surface area contributed by atoms with E-state index in [1.165, 1.54) is 20.2 Å². The van der Waals surface area contributed by atoms with E-state index in [0.29, 0.717) is 11.1 Å². The molecule has 10 aromatic rings.